The van der Waals surface area contributed by atoms with Gasteiger partial charge in [0, 0.05) is 29.1 Å². The van der Waals surface area contributed by atoms with Crippen LogP contribution in [0.25, 0.3) is 0 Å². The van der Waals surface area contributed by atoms with E-state index in [1.165, 1.54) is 5.56 Å². The molecule has 0 saturated heterocycles. The summed E-state index contributed by atoms with van der Waals surface area (Å²) in [5.74, 6) is 0.684. The van der Waals surface area contributed by atoms with Crippen molar-refractivity contribution in [2.24, 2.45) is 4.99 Å². The number of nitrogens with zero attached hydrogens (tertiary/aromatic N) is 1. The molecular formula is C18H30ClIN4O2S. The average molecular weight is 529 g/mol. The lowest BCUT2D eigenvalue weighted by molar-refractivity contribution is 0.464. The molecule has 1 aliphatic rings. The Balaban J connectivity index is 0.00000364. The quantitative estimate of drug-likeness (QED) is 0.275. The van der Waals surface area contributed by atoms with E-state index in [4.69, 9.17) is 11.6 Å². The van der Waals surface area contributed by atoms with E-state index in [0.29, 0.717) is 12.5 Å². The topological polar surface area (TPSA) is 82.6 Å². The van der Waals surface area contributed by atoms with Crippen LogP contribution in [0.2, 0.25) is 5.02 Å². The molecule has 0 aliphatic heterocycles. The minimum atomic E-state index is -3.28. The fraction of sp³-hybridized carbons (Fsp3) is 0.611. The second kappa shape index (κ2) is 9.76. The summed E-state index contributed by atoms with van der Waals surface area (Å²) in [6.07, 6.45) is 3.38. The smallest absolute Gasteiger partial charge is 0.209 e. The highest BCUT2D eigenvalue weighted by Gasteiger charge is 2.44. The maximum absolute atomic E-state index is 11.5. The Labute approximate surface area is 185 Å². The fourth-order valence-corrected chi connectivity index (χ4v) is 4.20. The third-order valence-electron chi connectivity index (χ3n) is 4.32. The molecule has 0 heterocycles. The van der Waals surface area contributed by atoms with Crippen molar-refractivity contribution in [1.82, 2.24) is 15.4 Å². The zero-order valence-electron chi connectivity index (χ0n) is 16.3. The van der Waals surface area contributed by atoms with E-state index >= 15 is 0 Å². The van der Waals surface area contributed by atoms with Crippen molar-refractivity contribution in [3.05, 3.63) is 34.9 Å². The van der Waals surface area contributed by atoms with Crippen LogP contribution in [-0.2, 0) is 15.4 Å². The first-order valence-electron chi connectivity index (χ1n) is 8.82. The zero-order valence-corrected chi connectivity index (χ0v) is 20.2. The van der Waals surface area contributed by atoms with Gasteiger partial charge in [0.25, 0.3) is 0 Å². The largest absolute Gasteiger partial charge is 0.357 e. The molecule has 0 aromatic heterocycles. The Morgan fingerprint density at radius 1 is 1.30 bits per heavy atom. The van der Waals surface area contributed by atoms with Crippen molar-refractivity contribution in [3.63, 3.8) is 0 Å². The first-order valence-corrected chi connectivity index (χ1v) is 11.1. The van der Waals surface area contributed by atoms with Gasteiger partial charge in [0.05, 0.1) is 12.8 Å². The summed E-state index contributed by atoms with van der Waals surface area (Å²) in [5.41, 5.74) is 0.689. The molecule has 0 atom stereocenters. The second-order valence-electron chi connectivity index (χ2n) is 7.60. The van der Waals surface area contributed by atoms with Crippen LogP contribution >= 0.6 is 35.6 Å². The summed E-state index contributed by atoms with van der Waals surface area (Å²) in [5, 5.41) is 7.36. The van der Waals surface area contributed by atoms with Crippen LogP contribution in [0.4, 0.5) is 0 Å². The van der Waals surface area contributed by atoms with Crippen LogP contribution in [0.15, 0.2) is 29.3 Å². The lowest BCUT2D eigenvalue weighted by atomic mass is 9.96. The molecule has 1 saturated carbocycles. The Morgan fingerprint density at radius 2 is 1.96 bits per heavy atom. The predicted molar refractivity (Wildman–Crippen MR) is 124 cm³/mol. The van der Waals surface area contributed by atoms with Crippen molar-refractivity contribution >= 4 is 51.6 Å². The number of hydrogen-bond acceptors (Lipinski definition) is 3. The molecule has 9 heteroatoms. The minimum absolute atomic E-state index is 0. The highest BCUT2D eigenvalue weighted by atomic mass is 127. The van der Waals surface area contributed by atoms with Crippen LogP contribution in [0.1, 0.15) is 39.2 Å². The molecule has 3 N–H and O–H groups in total. The maximum Gasteiger partial charge on any atom is 0.209 e. The van der Waals surface area contributed by atoms with Crippen molar-refractivity contribution in [2.45, 2.75) is 44.6 Å². The van der Waals surface area contributed by atoms with E-state index in [1.54, 1.807) is 0 Å². The van der Waals surface area contributed by atoms with Crippen molar-refractivity contribution in [2.75, 3.05) is 25.9 Å². The van der Waals surface area contributed by atoms with Crippen LogP contribution < -0.4 is 15.4 Å². The molecule has 1 aromatic carbocycles. The summed E-state index contributed by atoms with van der Waals surface area (Å²) in [4.78, 5) is 4.55. The van der Waals surface area contributed by atoms with Gasteiger partial charge >= 0.3 is 0 Å². The Hall–Kier alpha value is -0.580. The van der Waals surface area contributed by atoms with E-state index in [0.717, 1.165) is 37.2 Å². The second-order valence-corrected chi connectivity index (χ2v) is 9.78. The molecule has 0 radical (unpaired) electrons. The summed E-state index contributed by atoms with van der Waals surface area (Å²) < 4.78 is 25.5. The third-order valence-corrected chi connectivity index (χ3v) is 5.48. The van der Waals surface area contributed by atoms with Crippen LogP contribution in [-0.4, -0.2) is 45.8 Å². The van der Waals surface area contributed by atoms with E-state index in [2.05, 4.69) is 26.4 Å². The molecule has 1 aromatic rings. The number of halogens is 2. The molecule has 0 unspecified atom stereocenters. The molecular weight excluding hydrogens is 499 g/mol. The number of guanidine groups is 1. The van der Waals surface area contributed by atoms with Gasteiger partial charge < -0.3 is 10.6 Å². The number of rotatable bonds is 8. The van der Waals surface area contributed by atoms with Crippen molar-refractivity contribution in [3.8, 4) is 0 Å². The van der Waals surface area contributed by atoms with Gasteiger partial charge in [0.2, 0.25) is 10.0 Å². The highest BCUT2D eigenvalue weighted by Crippen LogP contribution is 2.48. The molecule has 2 rings (SSSR count). The highest BCUT2D eigenvalue weighted by molar-refractivity contribution is 14.0. The van der Waals surface area contributed by atoms with Crippen LogP contribution in [0.3, 0.4) is 0 Å². The van der Waals surface area contributed by atoms with Gasteiger partial charge in [0.15, 0.2) is 5.96 Å². The molecule has 1 aliphatic carbocycles. The Morgan fingerprint density at radius 3 is 2.48 bits per heavy atom. The van der Waals surface area contributed by atoms with E-state index in [9.17, 15) is 8.42 Å². The number of aliphatic imine (C=N–C) groups is 1. The normalized spacial score (nSPS) is 16.4. The SMILES string of the molecule is CCNC(=NCC(C)(C)NS(C)(=O)=O)NCC1(c2cccc(Cl)c2)CC1.I. The zero-order chi connectivity index (χ0) is 19.4. The molecule has 0 bridgehead atoms. The summed E-state index contributed by atoms with van der Waals surface area (Å²) >= 11 is 6.13. The number of benzene rings is 1. The van der Waals surface area contributed by atoms with Gasteiger partial charge in [-0.3, -0.25) is 4.99 Å². The number of hydrogen-bond donors (Lipinski definition) is 3. The monoisotopic (exact) mass is 528 g/mol. The standard InChI is InChI=1S/C18H29ClN4O2S.HI/c1-5-20-16(21-12-17(2,3)23-26(4,24)25)22-13-18(9-10-18)14-7-6-8-15(19)11-14;/h6-8,11,23H,5,9-10,12-13H2,1-4H3,(H2,20,21,22);1H. The van der Waals surface area contributed by atoms with Gasteiger partial charge in [-0.15, -0.1) is 24.0 Å². The molecule has 1 fully saturated rings. The van der Waals surface area contributed by atoms with Crippen LogP contribution in [0.5, 0.6) is 0 Å². The van der Waals surface area contributed by atoms with E-state index < -0.39 is 15.6 Å². The van der Waals surface area contributed by atoms with Crippen molar-refractivity contribution in [1.29, 1.82) is 0 Å². The van der Waals surface area contributed by atoms with Crippen LogP contribution in [0, 0.1) is 0 Å². The van der Waals surface area contributed by atoms with Gasteiger partial charge in [-0.1, -0.05) is 23.7 Å². The molecule has 0 spiro atoms. The van der Waals surface area contributed by atoms with Gasteiger partial charge in [-0.25, -0.2) is 13.1 Å². The molecule has 154 valence electrons. The minimum Gasteiger partial charge on any atom is -0.357 e. The van der Waals surface area contributed by atoms with Crippen molar-refractivity contribution < 1.29 is 8.42 Å². The van der Waals surface area contributed by atoms with Gasteiger partial charge in [-0.2, -0.15) is 0 Å². The van der Waals surface area contributed by atoms with E-state index in [1.807, 2.05) is 39.0 Å². The Bertz CT molecular complexity index is 764. The van der Waals surface area contributed by atoms with Gasteiger partial charge in [0.1, 0.15) is 0 Å². The summed E-state index contributed by atoms with van der Waals surface area (Å²) in [6.45, 7) is 7.46. The Kier molecular flexibility index (Phi) is 8.84. The molecule has 0 amide bonds. The lowest BCUT2D eigenvalue weighted by Crippen LogP contribution is -2.47. The van der Waals surface area contributed by atoms with Gasteiger partial charge in [-0.05, 0) is 51.3 Å². The summed E-state index contributed by atoms with van der Waals surface area (Å²) in [6, 6.07) is 8.01. The number of sulfonamides is 1. The first-order chi connectivity index (χ1) is 12.1. The summed E-state index contributed by atoms with van der Waals surface area (Å²) in [7, 11) is -3.28. The lowest BCUT2D eigenvalue weighted by Gasteiger charge is -2.24. The molecule has 27 heavy (non-hydrogen) atoms. The number of nitrogens with one attached hydrogen (secondary N) is 3. The molecule has 6 nitrogen and oxygen atoms in total. The predicted octanol–water partition coefficient (Wildman–Crippen LogP) is 2.87. The average Bonchev–Trinajstić information content (AvgIpc) is 3.29. The first kappa shape index (κ1) is 24.5. The maximum atomic E-state index is 11.5. The van der Waals surface area contributed by atoms with E-state index in [-0.39, 0.29) is 29.4 Å². The third kappa shape index (κ3) is 8.13. The fourth-order valence-electron chi connectivity index (χ4n) is 2.94.